The smallest absolute Gasteiger partial charge is 0.231 e. The van der Waals surface area contributed by atoms with Crippen LogP contribution in [-0.4, -0.2) is 15.9 Å². The Balaban J connectivity index is 2.80. The van der Waals surface area contributed by atoms with Crippen LogP contribution >= 0.6 is 11.6 Å². The molecular weight excluding hydrogens is 214 g/mol. The van der Waals surface area contributed by atoms with Gasteiger partial charge in [0.2, 0.25) is 5.91 Å². The van der Waals surface area contributed by atoms with Crippen molar-refractivity contribution in [2.75, 3.05) is 5.32 Å². The predicted octanol–water partition coefficient (Wildman–Crippen LogP) is 2.50. The average Bonchev–Trinajstić information content (AvgIpc) is 2.21. The number of nitrogens with one attached hydrogen (secondary N) is 1. The largest absolute Gasteiger partial charge is 0.308 e. The van der Waals surface area contributed by atoms with Gasteiger partial charge in [0.1, 0.15) is 0 Å². The van der Waals surface area contributed by atoms with Gasteiger partial charge in [0.15, 0.2) is 11.0 Å². The molecule has 0 aromatic carbocycles. The van der Waals surface area contributed by atoms with E-state index in [2.05, 4.69) is 15.3 Å². The molecule has 82 valence electrons. The number of anilines is 1. The van der Waals surface area contributed by atoms with E-state index in [4.69, 9.17) is 11.6 Å². The molecule has 1 rings (SSSR count). The van der Waals surface area contributed by atoms with Gasteiger partial charge in [0.25, 0.3) is 0 Å². The number of hydrogen-bond donors (Lipinski definition) is 1. The lowest BCUT2D eigenvalue weighted by atomic mass is 9.89. The molecule has 0 aliphatic rings. The van der Waals surface area contributed by atoms with Crippen molar-refractivity contribution in [3.05, 3.63) is 17.5 Å². The highest BCUT2D eigenvalue weighted by Gasteiger charge is 2.26. The molecule has 1 amide bonds. The van der Waals surface area contributed by atoms with Crippen molar-refractivity contribution >= 4 is 23.3 Å². The van der Waals surface area contributed by atoms with Crippen molar-refractivity contribution in [1.29, 1.82) is 0 Å². The van der Waals surface area contributed by atoms with Gasteiger partial charge in [-0.15, -0.1) is 0 Å². The van der Waals surface area contributed by atoms with Crippen molar-refractivity contribution < 1.29 is 4.79 Å². The van der Waals surface area contributed by atoms with Gasteiger partial charge in [-0.25, -0.2) is 9.97 Å². The number of aromatic nitrogens is 2. The highest BCUT2D eigenvalue weighted by Crippen LogP contribution is 2.23. The van der Waals surface area contributed by atoms with E-state index in [0.29, 0.717) is 5.82 Å². The number of hydrogen-bond acceptors (Lipinski definition) is 3. The Morgan fingerprint density at radius 2 is 2.07 bits per heavy atom. The topological polar surface area (TPSA) is 54.9 Å². The first kappa shape index (κ1) is 11.9. The molecule has 1 heterocycles. The zero-order chi connectivity index (χ0) is 11.5. The van der Waals surface area contributed by atoms with Gasteiger partial charge >= 0.3 is 0 Å². The van der Waals surface area contributed by atoms with E-state index in [1.165, 1.54) is 12.4 Å². The van der Waals surface area contributed by atoms with Crippen LogP contribution in [0.4, 0.5) is 5.82 Å². The summed E-state index contributed by atoms with van der Waals surface area (Å²) >= 11 is 5.77. The summed E-state index contributed by atoms with van der Waals surface area (Å²) in [5, 5.41) is 2.86. The van der Waals surface area contributed by atoms with Crippen LogP contribution in [0.1, 0.15) is 27.2 Å². The van der Waals surface area contributed by atoms with Gasteiger partial charge in [0.05, 0.1) is 0 Å². The summed E-state index contributed by atoms with van der Waals surface area (Å²) in [4.78, 5) is 19.5. The van der Waals surface area contributed by atoms with Gasteiger partial charge in [-0.2, -0.15) is 0 Å². The fraction of sp³-hybridized carbons (Fsp3) is 0.500. The first-order chi connectivity index (χ1) is 6.97. The Bertz CT molecular complexity index is 365. The Morgan fingerprint density at radius 1 is 1.47 bits per heavy atom. The molecule has 4 nitrogen and oxygen atoms in total. The van der Waals surface area contributed by atoms with E-state index in [1.807, 2.05) is 20.8 Å². The molecule has 0 aliphatic carbocycles. The number of amides is 1. The fourth-order valence-corrected chi connectivity index (χ4v) is 0.995. The molecule has 0 atom stereocenters. The monoisotopic (exact) mass is 227 g/mol. The van der Waals surface area contributed by atoms with E-state index in [9.17, 15) is 4.79 Å². The second kappa shape index (κ2) is 4.57. The summed E-state index contributed by atoms with van der Waals surface area (Å²) in [5.41, 5.74) is -0.430. The van der Waals surface area contributed by atoms with Gasteiger partial charge in [0, 0.05) is 17.8 Å². The molecule has 15 heavy (non-hydrogen) atoms. The van der Waals surface area contributed by atoms with Crippen molar-refractivity contribution in [2.45, 2.75) is 27.2 Å². The standard InChI is InChI=1S/C10H14ClN3O/c1-4-10(2,3)9(15)14-8-7(11)12-5-6-13-8/h5-6H,4H2,1-3H3,(H,13,14,15). The van der Waals surface area contributed by atoms with Gasteiger partial charge in [-0.1, -0.05) is 32.4 Å². The lowest BCUT2D eigenvalue weighted by molar-refractivity contribution is -0.124. The highest BCUT2D eigenvalue weighted by molar-refractivity contribution is 6.32. The van der Waals surface area contributed by atoms with Crippen LogP contribution in [0.2, 0.25) is 5.15 Å². The summed E-state index contributed by atoms with van der Waals surface area (Å²) < 4.78 is 0. The van der Waals surface area contributed by atoms with Crippen LogP contribution in [0.3, 0.4) is 0 Å². The average molecular weight is 228 g/mol. The van der Waals surface area contributed by atoms with Crippen molar-refractivity contribution in [3.63, 3.8) is 0 Å². The van der Waals surface area contributed by atoms with Crippen LogP contribution in [0, 0.1) is 5.41 Å². The fourth-order valence-electron chi connectivity index (χ4n) is 0.842. The Hall–Kier alpha value is -1.16. The number of nitrogens with zero attached hydrogens (tertiary/aromatic N) is 2. The maximum absolute atomic E-state index is 11.8. The molecule has 1 aromatic rings. The second-order valence-electron chi connectivity index (χ2n) is 3.89. The number of halogens is 1. The number of carbonyl (C=O) groups is 1. The van der Waals surface area contributed by atoms with E-state index in [1.54, 1.807) is 0 Å². The summed E-state index contributed by atoms with van der Waals surface area (Å²) in [7, 11) is 0. The molecule has 0 radical (unpaired) electrons. The Labute approximate surface area is 94.1 Å². The summed E-state index contributed by atoms with van der Waals surface area (Å²) in [5.74, 6) is 0.207. The van der Waals surface area contributed by atoms with E-state index < -0.39 is 5.41 Å². The van der Waals surface area contributed by atoms with Crippen LogP contribution in [0.15, 0.2) is 12.4 Å². The lowest BCUT2D eigenvalue weighted by Crippen LogP contribution is -2.30. The highest BCUT2D eigenvalue weighted by atomic mass is 35.5. The normalized spacial score (nSPS) is 11.2. The maximum Gasteiger partial charge on any atom is 0.231 e. The summed E-state index contributed by atoms with van der Waals surface area (Å²) in [6.07, 6.45) is 3.71. The SMILES string of the molecule is CCC(C)(C)C(=O)Nc1nccnc1Cl. The van der Waals surface area contributed by atoms with Crippen LogP contribution in [-0.2, 0) is 4.79 Å². The maximum atomic E-state index is 11.8. The molecule has 0 aliphatic heterocycles. The van der Waals surface area contributed by atoms with Gasteiger partial charge < -0.3 is 5.32 Å². The van der Waals surface area contributed by atoms with Crippen molar-refractivity contribution in [3.8, 4) is 0 Å². The predicted molar refractivity (Wildman–Crippen MR) is 59.7 cm³/mol. The van der Waals surface area contributed by atoms with Crippen LogP contribution in [0.5, 0.6) is 0 Å². The molecule has 5 heteroatoms. The van der Waals surface area contributed by atoms with E-state index in [0.717, 1.165) is 6.42 Å². The minimum Gasteiger partial charge on any atom is -0.308 e. The molecule has 0 fully saturated rings. The lowest BCUT2D eigenvalue weighted by Gasteiger charge is -2.21. The van der Waals surface area contributed by atoms with Crippen LogP contribution in [0.25, 0.3) is 0 Å². The molecule has 0 unspecified atom stereocenters. The molecule has 0 saturated heterocycles. The minimum absolute atomic E-state index is 0.104. The van der Waals surface area contributed by atoms with Crippen LogP contribution < -0.4 is 5.32 Å². The zero-order valence-corrected chi connectivity index (χ0v) is 9.80. The molecular formula is C10H14ClN3O. The summed E-state index contributed by atoms with van der Waals surface area (Å²) in [6, 6.07) is 0. The van der Waals surface area contributed by atoms with Crippen molar-refractivity contribution in [2.24, 2.45) is 5.41 Å². The molecule has 0 spiro atoms. The first-order valence-corrected chi connectivity index (χ1v) is 5.13. The Morgan fingerprint density at radius 3 is 2.60 bits per heavy atom. The third-order valence-corrected chi connectivity index (χ3v) is 2.66. The number of carbonyl (C=O) groups excluding carboxylic acids is 1. The van der Waals surface area contributed by atoms with E-state index in [-0.39, 0.29) is 11.1 Å². The van der Waals surface area contributed by atoms with Gasteiger partial charge in [-0.3, -0.25) is 4.79 Å². The first-order valence-electron chi connectivity index (χ1n) is 4.75. The third kappa shape index (κ3) is 2.89. The van der Waals surface area contributed by atoms with Crippen molar-refractivity contribution in [1.82, 2.24) is 9.97 Å². The zero-order valence-electron chi connectivity index (χ0n) is 9.04. The molecule has 0 saturated carbocycles. The quantitative estimate of drug-likeness (QED) is 0.863. The third-order valence-electron chi connectivity index (χ3n) is 2.38. The van der Waals surface area contributed by atoms with Gasteiger partial charge in [-0.05, 0) is 6.42 Å². The Kier molecular flexibility index (Phi) is 3.63. The molecule has 1 N–H and O–H groups in total. The van der Waals surface area contributed by atoms with E-state index >= 15 is 0 Å². The molecule has 1 aromatic heterocycles. The minimum atomic E-state index is -0.430. The summed E-state index contributed by atoms with van der Waals surface area (Å²) in [6.45, 7) is 5.69. The number of rotatable bonds is 3. The second-order valence-corrected chi connectivity index (χ2v) is 4.25. The molecule has 0 bridgehead atoms.